The summed E-state index contributed by atoms with van der Waals surface area (Å²) in [5.74, 6) is -0.193. The lowest BCUT2D eigenvalue weighted by molar-refractivity contribution is -0.125. The van der Waals surface area contributed by atoms with Gasteiger partial charge in [-0.2, -0.15) is 0 Å². The summed E-state index contributed by atoms with van der Waals surface area (Å²) in [7, 11) is 0. The van der Waals surface area contributed by atoms with E-state index in [-0.39, 0.29) is 18.1 Å². The molecule has 1 aliphatic rings. The van der Waals surface area contributed by atoms with Crippen molar-refractivity contribution in [2.45, 2.75) is 71.3 Å². The van der Waals surface area contributed by atoms with E-state index in [2.05, 4.69) is 17.2 Å². The highest BCUT2D eigenvalue weighted by atomic mass is 16.2. The minimum absolute atomic E-state index is 0.0268. The van der Waals surface area contributed by atoms with Crippen LogP contribution < -0.4 is 5.32 Å². The Morgan fingerprint density at radius 3 is 2.62 bits per heavy atom. The number of benzene rings is 1. The van der Waals surface area contributed by atoms with Gasteiger partial charge in [0, 0.05) is 18.3 Å². The van der Waals surface area contributed by atoms with Crippen LogP contribution in [0.4, 0.5) is 5.69 Å². The summed E-state index contributed by atoms with van der Waals surface area (Å²) in [5.41, 5.74) is 2.95. The highest BCUT2D eigenvalue weighted by Crippen LogP contribution is 2.19. The summed E-state index contributed by atoms with van der Waals surface area (Å²) in [6, 6.07) is 5.75. The van der Waals surface area contributed by atoms with E-state index < -0.39 is 0 Å². The zero-order chi connectivity index (χ0) is 17.2. The third-order valence-electron chi connectivity index (χ3n) is 4.34. The third kappa shape index (κ3) is 6.26. The standard InChI is InChI=1S/C20H28N2O2/c1-2-3-4-5-6-7-8-9-19(23)13-20(24)22-18-11-10-16-14-21-15-17(16)12-18/h10-12,15H,2-9,13-14H2,1H3,(H,22,24). The van der Waals surface area contributed by atoms with Crippen LogP contribution >= 0.6 is 0 Å². The largest absolute Gasteiger partial charge is 0.326 e. The zero-order valence-corrected chi connectivity index (χ0v) is 14.6. The third-order valence-corrected chi connectivity index (χ3v) is 4.34. The highest BCUT2D eigenvalue weighted by molar-refractivity contribution is 6.04. The Labute approximate surface area is 144 Å². The van der Waals surface area contributed by atoms with Crippen LogP contribution in [0.3, 0.4) is 0 Å². The highest BCUT2D eigenvalue weighted by Gasteiger charge is 2.11. The Bertz CT molecular complexity index is 593. The van der Waals surface area contributed by atoms with Gasteiger partial charge in [-0.1, -0.05) is 51.5 Å². The van der Waals surface area contributed by atoms with Gasteiger partial charge in [0.2, 0.25) is 5.91 Å². The van der Waals surface area contributed by atoms with E-state index in [4.69, 9.17) is 0 Å². The fourth-order valence-electron chi connectivity index (χ4n) is 2.93. The van der Waals surface area contributed by atoms with E-state index in [0.29, 0.717) is 13.0 Å². The molecule has 24 heavy (non-hydrogen) atoms. The van der Waals surface area contributed by atoms with Gasteiger partial charge >= 0.3 is 0 Å². The second-order valence-electron chi connectivity index (χ2n) is 6.52. The summed E-state index contributed by atoms with van der Waals surface area (Å²) < 4.78 is 0. The van der Waals surface area contributed by atoms with Crippen LogP contribution in [0.25, 0.3) is 0 Å². The molecular weight excluding hydrogens is 300 g/mol. The number of unbranched alkanes of at least 4 members (excludes halogenated alkanes) is 6. The molecule has 4 nitrogen and oxygen atoms in total. The number of nitrogens with one attached hydrogen (secondary N) is 1. The van der Waals surface area contributed by atoms with E-state index >= 15 is 0 Å². The lowest BCUT2D eigenvalue weighted by Gasteiger charge is -2.06. The normalized spacial score (nSPS) is 12.2. The van der Waals surface area contributed by atoms with Gasteiger partial charge in [0.15, 0.2) is 0 Å². The Hall–Kier alpha value is -1.97. The molecule has 1 N–H and O–H groups in total. The number of anilines is 1. The molecule has 1 heterocycles. The zero-order valence-electron chi connectivity index (χ0n) is 14.6. The Morgan fingerprint density at radius 2 is 1.83 bits per heavy atom. The second-order valence-corrected chi connectivity index (χ2v) is 6.52. The molecule has 1 amide bonds. The maximum Gasteiger partial charge on any atom is 0.231 e. The average Bonchev–Trinajstić information content (AvgIpc) is 3.01. The average molecular weight is 328 g/mol. The number of amides is 1. The van der Waals surface area contributed by atoms with Crippen LogP contribution in [-0.2, 0) is 16.1 Å². The quantitative estimate of drug-likeness (QED) is 0.474. The molecule has 130 valence electrons. The van der Waals surface area contributed by atoms with Gasteiger partial charge in [-0.05, 0) is 29.7 Å². The Kier molecular flexibility index (Phi) is 7.66. The molecule has 0 unspecified atom stereocenters. The van der Waals surface area contributed by atoms with Gasteiger partial charge < -0.3 is 5.32 Å². The molecule has 0 atom stereocenters. The van der Waals surface area contributed by atoms with Crippen LogP contribution in [-0.4, -0.2) is 17.9 Å². The topological polar surface area (TPSA) is 58.5 Å². The first-order valence-electron chi connectivity index (χ1n) is 9.13. The van der Waals surface area contributed by atoms with Gasteiger partial charge in [0.25, 0.3) is 0 Å². The SMILES string of the molecule is CCCCCCCCCC(=O)CC(=O)Nc1ccc2c(c1)C=NC2. The molecule has 0 aromatic heterocycles. The summed E-state index contributed by atoms with van der Waals surface area (Å²) in [5, 5.41) is 2.81. The van der Waals surface area contributed by atoms with Crippen molar-refractivity contribution in [2.24, 2.45) is 4.99 Å². The number of carbonyl (C=O) groups excluding carboxylic acids is 2. The summed E-state index contributed by atoms with van der Waals surface area (Å²) in [6.07, 6.45) is 10.6. The molecule has 2 rings (SSSR count). The van der Waals surface area contributed by atoms with Crippen molar-refractivity contribution in [2.75, 3.05) is 5.32 Å². The summed E-state index contributed by atoms with van der Waals surface area (Å²) >= 11 is 0. The second kappa shape index (κ2) is 10.0. The van der Waals surface area contributed by atoms with Crippen molar-refractivity contribution >= 4 is 23.6 Å². The molecule has 0 saturated carbocycles. The number of rotatable bonds is 11. The van der Waals surface area contributed by atoms with Crippen molar-refractivity contribution in [1.82, 2.24) is 0 Å². The Balaban J connectivity index is 1.61. The van der Waals surface area contributed by atoms with Gasteiger partial charge in [0.05, 0.1) is 13.0 Å². The molecule has 0 spiro atoms. The summed E-state index contributed by atoms with van der Waals surface area (Å²) in [6.45, 7) is 2.92. The molecule has 1 aromatic rings. The minimum Gasteiger partial charge on any atom is -0.326 e. The minimum atomic E-state index is -0.224. The fourth-order valence-corrected chi connectivity index (χ4v) is 2.93. The molecule has 0 saturated heterocycles. The first-order valence-corrected chi connectivity index (χ1v) is 9.13. The van der Waals surface area contributed by atoms with E-state index in [1.807, 2.05) is 24.4 Å². The number of fused-ring (bicyclic) bond motifs is 1. The predicted molar refractivity (Wildman–Crippen MR) is 98.6 cm³/mol. The maximum atomic E-state index is 12.0. The van der Waals surface area contributed by atoms with Crippen LogP contribution in [0.5, 0.6) is 0 Å². The summed E-state index contributed by atoms with van der Waals surface area (Å²) in [4.78, 5) is 28.0. The van der Waals surface area contributed by atoms with E-state index in [1.165, 1.54) is 37.7 Å². The van der Waals surface area contributed by atoms with E-state index in [0.717, 1.165) is 24.1 Å². The number of hydrogen-bond acceptors (Lipinski definition) is 3. The number of hydrogen-bond donors (Lipinski definition) is 1. The molecule has 1 aromatic carbocycles. The molecular formula is C20H28N2O2. The van der Waals surface area contributed by atoms with Crippen molar-refractivity contribution in [3.05, 3.63) is 29.3 Å². The van der Waals surface area contributed by atoms with Crippen LogP contribution in [0.15, 0.2) is 23.2 Å². The number of Topliss-reactive ketones (excluding diaryl/α,β-unsaturated/α-hetero) is 1. The van der Waals surface area contributed by atoms with Gasteiger partial charge in [-0.25, -0.2) is 0 Å². The van der Waals surface area contributed by atoms with Crippen molar-refractivity contribution in [3.8, 4) is 0 Å². The molecule has 0 bridgehead atoms. The van der Waals surface area contributed by atoms with Gasteiger partial charge in [0.1, 0.15) is 5.78 Å². The Morgan fingerprint density at radius 1 is 1.08 bits per heavy atom. The molecule has 0 radical (unpaired) electrons. The maximum absolute atomic E-state index is 12.0. The lowest BCUT2D eigenvalue weighted by Crippen LogP contribution is -2.16. The lowest BCUT2D eigenvalue weighted by atomic mass is 10.1. The number of carbonyl (C=O) groups is 2. The first kappa shape index (κ1) is 18.4. The molecule has 4 heteroatoms. The van der Waals surface area contributed by atoms with Crippen molar-refractivity contribution in [3.63, 3.8) is 0 Å². The molecule has 0 aliphatic carbocycles. The van der Waals surface area contributed by atoms with Crippen molar-refractivity contribution < 1.29 is 9.59 Å². The van der Waals surface area contributed by atoms with Crippen molar-refractivity contribution in [1.29, 1.82) is 0 Å². The van der Waals surface area contributed by atoms with Gasteiger partial charge in [-0.3, -0.25) is 14.6 Å². The fraction of sp³-hybridized carbons (Fsp3) is 0.550. The predicted octanol–water partition coefficient (Wildman–Crippen LogP) is 4.66. The monoisotopic (exact) mass is 328 g/mol. The first-order chi connectivity index (χ1) is 11.7. The number of nitrogens with zero attached hydrogens (tertiary/aromatic N) is 1. The van der Waals surface area contributed by atoms with Crippen LogP contribution in [0.2, 0.25) is 0 Å². The molecule has 0 fully saturated rings. The molecule has 1 aliphatic heterocycles. The number of aliphatic imine (C=N–C) groups is 1. The van der Waals surface area contributed by atoms with E-state index in [1.54, 1.807) is 0 Å². The van der Waals surface area contributed by atoms with E-state index in [9.17, 15) is 9.59 Å². The number of ketones is 1. The van der Waals surface area contributed by atoms with Gasteiger partial charge in [-0.15, -0.1) is 0 Å². The smallest absolute Gasteiger partial charge is 0.231 e. The van der Waals surface area contributed by atoms with Crippen LogP contribution in [0.1, 0.15) is 75.8 Å². The van der Waals surface area contributed by atoms with Crippen LogP contribution in [0, 0.1) is 0 Å².